The van der Waals surface area contributed by atoms with Gasteiger partial charge in [-0.25, -0.2) is 0 Å². The molecule has 2 N–H and O–H groups in total. The molecule has 7 heteroatoms. The number of amides is 1. The van der Waals surface area contributed by atoms with E-state index >= 15 is 0 Å². The molecule has 2 heterocycles. The van der Waals surface area contributed by atoms with Crippen LogP contribution in [0.2, 0.25) is 0 Å². The van der Waals surface area contributed by atoms with Crippen molar-refractivity contribution < 1.29 is 28.8 Å². The lowest BCUT2D eigenvalue weighted by atomic mass is 9.95. The van der Waals surface area contributed by atoms with Crippen LogP contribution in [0.25, 0.3) is 0 Å². The van der Waals surface area contributed by atoms with Gasteiger partial charge < -0.3 is 29.4 Å². The number of ether oxygens (including phenoxy) is 4. The summed E-state index contributed by atoms with van der Waals surface area (Å²) in [6, 6.07) is 6.71. The smallest absolute Gasteiger partial charge is 0.223 e. The molecule has 2 fully saturated rings. The fourth-order valence-corrected chi connectivity index (χ4v) is 3.08. The van der Waals surface area contributed by atoms with Crippen LogP contribution in [0, 0.1) is 6.92 Å². The molecule has 1 aromatic rings. The second-order valence-corrected chi connectivity index (χ2v) is 6.98. The molecule has 0 unspecified atom stereocenters. The molecule has 5 atom stereocenters. The summed E-state index contributed by atoms with van der Waals surface area (Å²) in [6.45, 7) is 7.19. The number of aliphatic hydroxyl groups excluding tert-OH is 1. The Bertz CT molecular complexity index is 616. The van der Waals surface area contributed by atoms with E-state index in [-0.39, 0.29) is 12.5 Å². The number of carbonyl (C=O) groups excluding carboxylic acids is 1. The summed E-state index contributed by atoms with van der Waals surface area (Å²) in [5.41, 5.74) is 1.10. The van der Waals surface area contributed by atoms with Crippen molar-refractivity contribution in [2.75, 3.05) is 6.61 Å². The molecule has 0 radical (unpaired) electrons. The minimum atomic E-state index is -0.985. The summed E-state index contributed by atoms with van der Waals surface area (Å²) in [6.07, 6.45) is -2.93. The van der Waals surface area contributed by atoms with Crippen molar-refractivity contribution in [1.82, 2.24) is 5.32 Å². The molecule has 25 heavy (non-hydrogen) atoms. The lowest BCUT2D eigenvalue weighted by Crippen LogP contribution is -2.69. The number of benzene rings is 1. The lowest BCUT2D eigenvalue weighted by Gasteiger charge is -2.49. The van der Waals surface area contributed by atoms with Crippen LogP contribution >= 0.6 is 0 Å². The number of hydrogen-bond donors (Lipinski definition) is 2. The van der Waals surface area contributed by atoms with E-state index in [0.717, 1.165) is 5.56 Å². The normalized spacial score (nSPS) is 34.0. The average Bonchev–Trinajstić information content (AvgIpc) is 2.53. The van der Waals surface area contributed by atoms with E-state index in [1.54, 1.807) is 13.8 Å². The van der Waals surface area contributed by atoms with Crippen LogP contribution in [0.3, 0.4) is 0 Å². The van der Waals surface area contributed by atoms with Gasteiger partial charge in [0.15, 0.2) is 5.79 Å². The number of hydrogen-bond acceptors (Lipinski definition) is 6. The first-order chi connectivity index (χ1) is 11.7. The Hall–Kier alpha value is -1.67. The Morgan fingerprint density at radius 3 is 2.64 bits per heavy atom. The van der Waals surface area contributed by atoms with Crippen LogP contribution in [-0.4, -0.2) is 54.1 Å². The number of aryl methyl sites for hydroxylation is 1. The van der Waals surface area contributed by atoms with Gasteiger partial charge in [0.1, 0.15) is 30.1 Å². The van der Waals surface area contributed by atoms with E-state index in [1.165, 1.54) is 6.92 Å². The summed E-state index contributed by atoms with van der Waals surface area (Å²) in [7, 11) is 0. The largest absolute Gasteiger partial charge is 0.463 e. The Balaban J connectivity index is 1.80. The Morgan fingerprint density at radius 2 is 2.00 bits per heavy atom. The highest BCUT2D eigenvalue weighted by Crippen LogP contribution is 2.33. The molecule has 0 spiro atoms. The topological polar surface area (TPSA) is 86.3 Å². The third-order valence-corrected chi connectivity index (χ3v) is 4.33. The van der Waals surface area contributed by atoms with Gasteiger partial charge in [-0.15, -0.1) is 0 Å². The van der Waals surface area contributed by atoms with Gasteiger partial charge >= 0.3 is 0 Å². The summed E-state index contributed by atoms with van der Waals surface area (Å²) >= 11 is 0. The zero-order chi connectivity index (χ0) is 18.2. The summed E-state index contributed by atoms with van der Waals surface area (Å²) in [5.74, 6) is -0.513. The van der Waals surface area contributed by atoms with Crippen LogP contribution in [0.4, 0.5) is 0 Å². The molecular weight excluding hydrogens is 326 g/mol. The maximum absolute atomic E-state index is 11.6. The maximum Gasteiger partial charge on any atom is 0.223 e. The van der Waals surface area contributed by atoms with Crippen molar-refractivity contribution in [3.8, 4) is 5.75 Å². The second-order valence-electron chi connectivity index (χ2n) is 6.98. The Kier molecular flexibility index (Phi) is 5.02. The zero-order valence-corrected chi connectivity index (χ0v) is 14.9. The van der Waals surface area contributed by atoms with Crippen LogP contribution in [0.5, 0.6) is 5.75 Å². The SMILES string of the molecule is CC(=O)N[C@H]1[C@@H](Oc2ccc(C)cc2)O[C@@H]2COC(C)(C)O[C@@H]2[C@@H]1O. The molecule has 3 rings (SSSR count). The summed E-state index contributed by atoms with van der Waals surface area (Å²) in [5, 5.41) is 13.5. The first kappa shape index (κ1) is 18.1. The van der Waals surface area contributed by atoms with E-state index in [4.69, 9.17) is 18.9 Å². The van der Waals surface area contributed by atoms with Crippen LogP contribution < -0.4 is 10.1 Å². The van der Waals surface area contributed by atoms with Crippen molar-refractivity contribution >= 4 is 5.91 Å². The predicted molar refractivity (Wildman–Crippen MR) is 89.0 cm³/mol. The fourth-order valence-electron chi connectivity index (χ4n) is 3.08. The van der Waals surface area contributed by atoms with Crippen LogP contribution in [0.1, 0.15) is 26.3 Å². The molecule has 7 nitrogen and oxygen atoms in total. The van der Waals surface area contributed by atoms with Gasteiger partial charge in [-0.3, -0.25) is 4.79 Å². The Labute approximate surface area is 147 Å². The van der Waals surface area contributed by atoms with E-state index in [2.05, 4.69) is 5.32 Å². The van der Waals surface area contributed by atoms with E-state index in [1.807, 2.05) is 31.2 Å². The first-order valence-corrected chi connectivity index (χ1v) is 8.41. The van der Waals surface area contributed by atoms with Crippen molar-refractivity contribution in [3.05, 3.63) is 29.8 Å². The van der Waals surface area contributed by atoms with E-state index in [9.17, 15) is 9.90 Å². The zero-order valence-electron chi connectivity index (χ0n) is 14.9. The highest BCUT2D eigenvalue weighted by atomic mass is 16.8. The molecule has 1 aromatic carbocycles. The monoisotopic (exact) mass is 351 g/mol. The maximum atomic E-state index is 11.6. The van der Waals surface area contributed by atoms with Crippen molar-refractivity contribution in [3.63, 3.8) is 0 Å². The van der Waals surface area contributed by atoms with Gasteiger partial charge in [0, 0.05) is 6.92 Å². The number of aliphatic hydroxyl groups is 1. The molecule has 2 aliphatic rings. The molecule has 0 aromatic heterocycles. The number of carbonyl (C=O) groups is 1. The standard InChI is InChI=1S/C18H25NO6/c1-10-5-7-12(8-6-10)23-17-14(19-11(2)20)15(21)16-13(24-17)9-22-18(3,4)25-16/h5-8,13-17,21H,9H2,1-4H3,(H,19,20)/t13-,14-,15-,16+,17+/m1/s1. The first-order valence-electron chi connectivity index (χ1n) is 8.41. The van der Waals surface area contributed by atoms with Gasteiger partial charge in [-0.2, -0.15) is 0 Å². The van der Waals surface area contributed by atoms with Crippen molar-refractivity contribution in [2.24, 2.45) is 0 Å². The van der Waals surface area contributed by atoms with Gasteiger partial charge in [0.05, 0.1) is 6.61 Å². The predicted octanol–water partition coefficient (Wildman–Crippen LogP) is 1.12. The fraction of sp³-hybridized carbons (Fsp3) is 0.611. The summed E-state index contributed by atoms with van der Waals surface area (Å²) in [4.78, 5) is 11.6. The number of nitrogens with one attached hydrogen (secondary N) is 1. The van der Waals surface area contributed by atoms with Crippen molar-refractivity contribution in [1.29, 1.82) is 0 Å². The van der Waals surface area contributed by atoms with Gasteiger partial charge in [0.25, 0.3) is 0 Å². The molecule has 0 aliphatic carbocycles. The lowest BCUT2D eigenvalue weighted by molar-refractivity contribution is -0.361. The summed E-state index contributed by atoms with van der Waals surface area (Å²) < 4.78 is 23.3. The third kappa shape index (κ3) is 4.12. The van der Waals surface area contributed by atoms with Gasteiger partial charge in [-0.1, -0.05) is 17.7 Å². The third-order valence-electron chi connectivity index (χ3n) is 4.33. The van der Waals surface area contributed by atoms with Gasteiger partial charge in [-0.05, 0) is 32.9 Å². The van der Waals surface area contributed by atoms with Crippen LogP contribution in [-0.2, 0) is 19.0 Å². The van der Waals surface area contributed by atoms with Gasteiger partial charge in [0.2, 0.25) is 12.2 Å². The number of rotatable bonds is 3. The average molecular weight is 351 g/mol. The minimum absolute atomic E-state index is 0.273. The van der Waals surface area contributed by atoms with Crippen LogP contribution in [0.15, 0.2) is 24.3 Å². The number of fused-ring (bicyclic) bond motifs is 1. The highest BCUT2D eigenvalue weighted by Gasteiger charge is 2.52. The quantitative estimate of drug-likeness (QED) is 0.849. The van der Waals surface area contributed by atoms with E-state index < -0.39 is 36.4 Å². The van der Waals surface area contributed by atoms with E-state index in [0.29, 0.717) is 5.75 Å². The van der Waals surface area contributed by atoms with Crippen molar-refractivity contribution in [2.45, 2.75) is 64.1 Å². The molecule has 138 valence electrons. The second kappa shape index (κ2) is 6.92. The molecular formula is C18H25NO6. The minimum Gasteiger partial charge on any atom is -0.463 e. The molecule has 0 saturated carbocycles. The highest BCUT2D eigenvalue weighted by molar-refractivity contribution is 5.73. The molecule has 2 saturated heterocycles. The molecule has 1 amide bonds. The Morgan fingerprint density at radius 1 is 1.32 bits per heavy atom. The molecule has 0 bridgehead atoms. The molecule has 2 aliphatic heterocycles.